The third-order valence-electron chi connectivity index (χ3n) is 6.67. The van der Waals surface area contributed by atoms with E-state index in [-0.39, 0.29) is 9.79 Å². The van der Waals surface area contributed by atoms with Crippen LogP contribution in [-0.2, 0) is 9.84 Å². The summed E-state index contributed by atoms with van der Waals surface area (Å²) in [5, 5.41) is 0. The molecule has 0 aliphatic rings. The van der Waals surface area contributed by atoms with Crippen LogP contribution in [0.25, 0.3) is 22.3 Å². The monoisotopic (exact) mass is 554 g/mol. The Labute approximate surface area is 240 Å². The topological polar surface area (TPSA) is 52.6 Å². The molecule has 4 nitrogen and oxygen atoms in total. The zero-order valence-corrected chi connectivity index (χ0v) is 22.9. The number of ether oxygens (including phenoxy) is 2. The summed E-state index contributed by atoms with van der Waals surface area (Å²) in [6.45, 7) is 0. The molecule has 0 fully saturated rings. The minimum Gasteiger partial charge on any atom is -0.457 e. The molecule has 0 amide bonds. The van der Waals surface area contributed by atoms with Crippen LogP contribution in [0, 0.1) is 0 Å². The highest BCUT2D eigenvalue weighted by Gasteiger charge is 2.18. The van der Waals surface area contributed by atoms with Gasteiger partial charge in [0.1, 0.15) is 23.0 Å². The number of hydrogen-bond donors (Lipinski definition) is 0. The summed E-state index contributed by atoms with van der Waals surface area (Å²) < 4.78 is 39.0. The molecule has 0 N–H and O–H groups in total. The minimum absolute atomic E-state index is 0.185. The van der Waals surface area contributed by atoms with E-state index < -0.39 is 9.84 Å². The first-order valence-electron chi connectivity index (χ1n) is 13.2. The van der Waals surface area contributed by atoms with E-state index in [0.717, 1.165) is 22.3 Å². The van der Waals surface area contributed by atoms with Crippen LogP contribution in [0.15, 0.2) is 168 Å². The number of benzene rings is 6. The predicted octanol–water partition coefficient (Wildman–Crippen LogP) is 9.44. The lowest BCUT2D eigenvalue weighted by atomic mass is 10.1. The molecule has 0 atom stereocenters. The zero-order valence-electron chi connectivity index (χ0n) is 22.1. The fourth-order valence-corrected chi connectivity index (χ4v) is 5.85. The first-order valence-corrected chi connectivity index (χ1v) is 14.7. The lowest BCUT2D eigenvalue weighted by Gasteiger charge is -2.13. The van der Waals surface area contributed by atoms with E-state index in [0.29, 0.717) is 23.0 Å². The minimum atomic E-state index is -3.73. The lowest BCUT2D eigenvalue weighted by Crippen LogP contribution is -2.02. The molecule has 0 bridgehead atoms. The van der Waals surface area contributed by atoms with Gasteiger partial charge in [-0.25, -0.2) is 8.42 Å². The zero-order chi connectivity index (χ0) is 28.1. The quantitative estimate of drug-likeness (QED) is 0.188. The Morgan fingerprint density at radius 3 is 1.10 bits per heavy atom. The highest BCUT2D eigenvalue weighted by Crippen LogP contribution is 2.35. The predicted molar refractivity (Wildman–Crippen MR) is 162 cm³/mol. The SMILES string of the molecule is O=S(=O)(c1ccc(Oc2ccccc2-c2ccccc2)cc1)c1ccc(Oc2ccccc2-c2ccccc2)cc1. The number of para-hydroxylation sites is 2. The molecule has 0 heterocycles. The Morgan fingerprint density at radius 1 is 0.366 bits per heavy atom. The summed E-state index contributed by atoms with van der Waals surface area (Å²) in [5.41, 5.74) is 3.99. The largest absolute Gasteiger partial charge is 0.457 e. The summed E-state index contributed by atoms with van der Waals surface area (Å²) in [7, 11) is -3.73. The van der Waals surface area contributed by atoms with E-state index >= 15 is 0 Å². The highest BCUT2D eigenvalue weighted by molar-refractivity contribution is 7.91. The van der Waals surface area contributed by atoms with E-state index in [1.54, 1.807) is 48.5 Å². The Morgan fingerprint density at radius 2 is 0.707 bits per heavy atom. The van der Waals surface area contributed by atoms with Crippen LogP contribution in [0.4, 0.5) is 0 Å². The third-order valence-corrected chi connectivity index (χ3v) is 8.45. The standard InChI is InChI=1S/C36H26O4S/c37-41(38,31-23-19-29(20-24-31)39-35-17-9-7-15-33(35)27-11-3-1-4-12-27)32-25-21-30(22-26-32)40-36-18-10-8-16-34(36)28-13-5-2-6-14-28/h1-26H. The van der Waals surface area contributed by atoms with Gasteiger partial charge in [0, 0.05) is 11.1 Å². The first kappa shape index (κ1) is 26.1. The van der Waals surface area contributed by atoms with Gasteiger partial charge in [-0.05, 0) is 71.8 Å². The van der Waals surface area contributed by atoms with Crippen LogP contribution in [0.1, 0.15) is 0 Å². The molecular formula is C36H26O4S. The van der Waals surface area contributed by atoms with Gasteiger partial charge in [0.25, 0.3) is 0 Å². The molecule has 5 heteroatoms. The molecule has 0 saturated carbocycles. The van der Waals surface area contributed by atoms with E-state index in [2.05, 4.69) is 0 Å². The second-order valence-electron chi connectivity index (χ2n) is 9.37. The molecule has 0 aliphatic heterocycles. The molecule has 6 rings (SSSR count). The van der Waals surface area contributed by atoms with Gasteiger partial charge in [0.2, 0.25) is 9.84 Å². The smallest absolute Gasteiger partial charge is 0.206 e. The van der Waals surface area contributed by atoms with Crippen molar-refractivity contribution in [1.82, 2.24) is 0 Å². The van der Waals surface area contributed by atoms with Crippen molar-refractivity contribution in [3.8, 4) is 45.3 Å². The molecule has 0 spiro atoms. The Balaban J connectivity index is 1.19. The van der Waals surface area contributed by atoms with Crippen LogP contribution < -0.4 is 9.47 Å². The second-order valence-corrected chi connectivity index (χ2v) is 11.3. The van der Waals surface area contributed by atoms with Gasteiger partial charge < -0.3 is 9.47 Å². The summed E-state index contributed by atoms with van der Waals surface area (Å²) in [4.78, 5) is 0.369. The second kappa shape index (κ2) is 11.5. The molecule has 0 saturated heterocycles. The Kier molecular flexibility index (Phi) is 7.35. The molecule has 0 aromatic heterocycles. The van der Waals surface area contributed by atoms with Crippen LogP contribution in [0.2, 0.25) is 0 Å². The summed E-state index contributed by atoms with van der Waals surface area (Å²) in [6, 6.07) is 48.4. The van der Waals surface area contributed by atoms with Crippen LogP contribution in [0.3, 0.4) is 0 Å². The van der Waals surface area contributed by atoms with E-state index in [4.69, 9.17) is 9.47 Å². The van der Waals surface area contributed by atoms with Gasteiger partial charge in [-0.1, -0.05) is 97.1 Å². The van der Waals surface area contributed by atoms with Crippen LogP contribution in [0.5, 0.6) is 23.0 Å². The maximum Gasteiger partial charge on any atom is 0.206 e. The molecule has 6 aromatic rings. The van der Waals surface area contributed by atoms with Crippen molar-refractivity contribution >= 4 is 9.84 Å². The van der Waals surface area contributed by atoms with E-state index in [1.165, 1.54) is 0 Å². The Hall–Kier alpha value is -5.13. The fourth-order valence-electron chi connectivity index (χ4n) is 4.59. The number of rotatable bonds is 8. The van der Waals surface area contributed by atoms with Crippen LogP contribution in [-0.4, -0.2) is 8.42 Å². The number of sulfone groups is 1. The molecular weight excluding hydrogens is 528 g/mol. The molecule has 0 aliphatic carbocycles. The van der Waals surface area contributed by atoms with Crippen molar-refractivity contribution in [2.75, 3.05) is 0 Å². The Bertz CT molecular complexity index is 1730. The van der Waals surface area contributed by atoms with Crippen molar-refractivity contribution in [2.24, 2.45) is 0 Å². The molecule has 0 unspecified atom stereocenters. The van der Waals surface area contributed by atoms with Gasteiger partial charge in [0.15, 0.2) is 0 Å². The third kappa shape index (κ3) is 5.76. The van der Waals surface area contributed by atoms with Crippen molar-refractivity contribution in [2.45, 2.75) is 9.79 Å². The lowest BCUT2D eigenvalue weighted by molar-refractivity contribution is 0.484. The molecule has 6 aromatic carbocycles. The van der Waals surface area contributed by atoms with Gasteiger partial charge >= 0.3 is 0 Å². The summed E-state index contributed by atoms with van der Waals surface area (Å²) in [5.74, 6) is 2.48. The van der Waals surface area contributed by atoms with E-state index in [1.807, 2.05) is 109 Å². The fraction of sp³-hybridized carbons (Fsp3) is 0. The van der Waals surface area contributed by atoms with Crippen molar-refractivity contribution in [1.29, 1.82) is 0 Å². The van der Waals surface area contributed by atoms with Crippen LogP contribution >= 0.6 is 0 Å². The summed E-state index contributed by atoms with van der Waals surface area (Å²) >= 11 is 0. The van der Waals surface area contributed by atoms with Crippen molar-refractivity contribution < 1.29 is 17.9 Å². The average molecular weight is 555 g/mol. The van der Waals surface area contributed by atoms with Gasteiger partial charge in [-0.15, -0.1) is 0 Å². The first-order chi connectivity index (χ1) is 20.1. The van der Waals surface area contributed by atoms with Gasteiger partial charge in [-0.2, -0.15) is 0 Å². The average Bonchev–Trinajstić information content (AvgIpc) is 3.03. The molecule has 41 heavy (non-hydrogen) atoms. The maximum atomic E-state index is 13.4. The van der Waals surface area contributed by atoms with E-state index in [9.17, 15) is 8.42 Å². The van der Waals surface area contributed by atoms with Gasteiger partial charge in [0.05, 0.1) is 9.79 Å². The summed E-state index contributed by atoms with van der Waals surface area (Å²) in [6.07, 6.45) is 0. The van der Waals surface area contributed by atoms with Gasteiger partial charge in [-0.3, -0.25) is 0 Å². The normalized spacial score (nSPS) is 11.1. The molecule has 200 valence electrons. The van der Waals surface area contributed by atoms with Crippen molar-refractivity contribution in [3.63, 3.8) is 0 Å². The highest BCUT2D eigenvalue weighted by atomic mass is 32.2. The number of hydrogen-bond acceptors (Lipinski definition) is 4. The maximum absolute atomic E-state index is 13.4. The molecule has 0 radical (unpaired) electrons. The van der Waals surface area contributed by atoms with Crippen molar-refractivity contribution in [3.05, 3.63) is 158 Å².